The van der Waals surface area contributed by atoms with E-state index in [2.05, 4.69) is 5.32 Å². The van der Waals surface area contributed by atoms with Crippen LogP contribution in [0.4, 0.5) is 0 Å². The SMILES string of the molecule is COc1ccc([C@H](O)CNC(=O)c2cc3ccccc3n2C)cc1. The number of aliphatic hydroxyl groups is 1. The molecule has 0 aliphatic rings. The first kappa shape index (κ1) is 16.1. The molecular weight excluding hydrogens is 304 g/mol. The van der Waals surface area contributed by atoms with E-state index in [1.54, 1.807) is 31.4 Å². The predicted molar refractivity (Wildman–Crippen MR) is 93.2 cm³/mol. The zero-order valence-electron chi connectivity index (χ0n) is 13.7. The number of carbonyl (C=O) groups excluding carboxylic acids is 1. The van der Waals surface area contributed by atoms with Crippen molar-refractivity contribution in [3.8, 4) is 5.75 Å². The molecule has 2 aromatic carbocycles. The summed E-state index contributed by atoms with van der Waals surface area (Å²) in [6, 6.07) is 16.8. The smallest absolute Gasteiger partial charge is 0.268 e. The third-order valence-electron chi connectivity index (χ3n) is 4.14. The van der Waals surface area contributed by atoms with E-state index >= 15 is 0 Å². The number of aromatic nitrogens is 1. The molecule has 1 aromatic heterocycles. The zero-order valence-corrected chi connectivity index (χ0v) is 13.7. The molecule has 0 bridgehead atoms. The normalized spacial score (nSPS) is 12.1. The Morgan fingerprint density at radius 3 is 2.58 bits per heavy atom. The fraction of sp³-hybridized carbons (Fsp3) is 0.211. The largest absolute Gasteiger partial charge is 0.497 e. The summed E-state index contributed by atoms with van der Waals surface area (Å²) >= 11 is 0. The number of para-hydroxylation sites is 1. The predicted octanol–water partition coefficient (Wildman–Crippen LogP) is 2.65. The summed E-state index contributed by atoms with van der Waals surface area (Å²) < 4.78 is 6.94. The van der Waals surface area contributed by atoms with Crippen LogP contribution in [0.15, 0.2) is 54.6 Å². The number of aliphatic hydroxyl groups excluding tert-OH is 1. The first-order chi connectivity index (χ1) is 11.6. The molecule has 5 nitrogen and oxygen atoms in total. The van der Waals surface area contributed by atoms with Gasteiger partial charge >= 0.3 is 0 Å². The van der Waals surface area contributed by atoms with Crippen molar-refractivity contribution in [1.29, 1.82) is 0 Å². The maximum atomic E-state index is 12.4. The lowest BCUT2D eigenvalue weighted by atomic mass is 10.1. The quantitative estimate of drug-likeness (QED) is 0.758. The van der Waals surface area contributed by atoms with Crippen molar-refractivity contribution in [2.45, 2.75) is 6.10 Å². The number of hydrogen-bond acceptors (Lipinski definition) is 3. The van der Waals surface area contributed by atoms with E-state index in [9.17, 15) is 9.90 Å². The molecule has 124 valence electrons. The van der Waals surface area contributed by atoms with Gasteiger partial charge in [-0.05, 0) is 29.8 Å². The van der Waals surface area contributed by atoms with Gasteiger partial charge in [-0.15, -0.1) is 0 Å². The molecule has 5 heteroatoms. The maximum absolute atomic E-state index is 12.4. The van der Waals surface area contributed by atoms with E-state index < -0.39 is 6.10 Å². The van der Waals surface area contributed by atoms with Crippen LogP contribution in [0.2, 0.25) is 0 Å². The molecule has 0 unspecified atom stereocenters. The number of carbonyl (C=O) groups is 1. The Labute approximate surface area is 140 Å². The van der Waals surface area contributed by atoms with Gasteiger partial charge in [-0.2, -0.15) is 0 Å². The number of methoxy groups -OCH3 is 1. The Kier molecular flexibility index (Phi) is 4.53. The van der Waals surface area contributed by atoms with Crippen molar-refractivity contribution in [2.24, 2.45) is 7.05 Å². The van der Waals surface area contributed by atoms with Gasteiger partial charge in [0.2, 0.25) is 0 Å². The molecule has 0 saturated carbocycles. The summed E-state index contributed by atoms with van der Waals surface area (Å²) in [7, 11) is 3.45. The zero-order chi connectivity index (χ0) is 17.1. The van der Waals surface area contributed by atoms with Crippen LogP contribution in [-0.4, -0.2) is 29.2 Å². The van der Waals surface area contributed by atoms with Gasteiger partial charge in [0.05, 0.1) is 13.2 Å². The molecule has 0 fully saturated rings. The van der Waals surface area contributed by atoms with Crippen LogP contribution in [-0.2, 0) is 7.05 Å². The monoisotopic (exact) mass is 324 g/mol. The van der Waals surface area contributed by atoms with Crippen LogP contribution < -0.4 is 10.1 Å². The van der Waals surface area contributed by atoms with E-state index in [0.29, 0.717) is 5.69 Å². The molecule has 1 atom stereocenters. The first-order valence-corrected chi connectivity index (χ1v) is 7.75. The Morgan fingerprint density at radius 1 is 1.21 bits per heavy atom. The fourth-order valence-corrected chi connectivity index (χ4v) is 2.73. The molecule has 1 heterocycles. The molecular formula is C19H20N2O3. The molecule has 24 heavy (non-hydrogen) atoms. The highest BCUT2D eigenvalue weighted by Gasteiger charge is 2.15. The van der Waals surface area contributed by atoms with E-state index in [1.807, 2.05) is 41.9 Å². The maximum Gasteiger partial charge on any atom is 0.268 e. The van der Waals surface area contributed by atoms with Crippen molar-refractivity contribution in [2.75, 3.05) is 13.7 Å². The first-order valence-electron chi connectivity index (χ1n) is 7.75. The highest BCUT2D eigenvalue weighted by atomic mass is 16.5. The summed E-state index contributed by atoms with van der Waals surface area (Å²) in [5.41, 5.74) is 2.30. The van der Waals surface area contributed by atoms with Crippen LogP contribution in [0, 0.1) is 0 Å². The Hall–Kier alpha value is -2.79. The number of benzene rings is 2. The highest BCUT2D eigenvalue weighted by molar-refractivity contribution is 5.98. The summed E-state index contributed by atoms with van der Waals surface area (Å²) in [4.78, 5) is 12.4. The molecule has 3 aromatic rings. The van der Waals surface area contributed by atoms with Crippen LogP contribution >= 0.6 is 0 Å². The minimum atomic E-state index is -0.769. The van der Waals surface area contributed by atoms with Gasteiger partial charge in [-0.25, -0.2) is 0 Å². The minimum Gasteiger partial charge on any atom is -0.497 e. The summed E-state index contributed by atoms with van der Waals surface area (Å²) in [5.74, 6) is 0.520. The van der Waals surface area contributed by atoms with E-state index in [-0.39, 0.29) is 12.5 Å². The molecule has 0 aliphatic carbocycles. The van der Waals surface area contributed by atoms with Crippen LogP contribution in [0.1, 0.15) is 22.2 Å². The van der Waals surface area contributed by atoms with E-state index in [1.165, 1.54) is 0 Å². The number of nitrogens with zero attached hydrogens (tertiary/aromatic N) is 1. The molecule has 1 amide bonds. The van der Waals surface area contributed by atoms with E-state index in [0.717, 1.165) is 22.2 Å². The summed E-state index contributed by atoms with van der Waals surface area (Å²) in [5, 5.41) is 14.0. The number of rotatable bonds is 5. The number of nitrogens with one attached hydrogen (secondary N) is 1. The van der Waals surface area contributed by atoms with Crippen molar-refractivity contribution >= 4 is 16.8 Å². The number of fused-ring (bicyclic) bond motifs is 1. The Bertz CT molecular complexity index is 853. The molecule has 0 saturated heterocycles. The lowest BCUT2D eigenvalue weighted by Gasteiger charge is -2.13. The van der Waals surface area contributed by atoms with E-state index in [4.69, 9.17) is 4.74 Å². The average Bonchev–Trinajstić information content (AvgIpc) is 2.96. The van der Waals surface area contributed by atoms with Gasteiger partial charge in [0, 0.05) is 24.5 Å². The van der Waals surface area contributed by atoms with Gasteiger partial charge in [0.1, 0.15) is 11.4 Å². The fourth-order valence-electron chi connectivity index (χ4n) is 2.73. The lowest BCUT2D eigenvalue weighted by Crippen LogP contribution is -2.29. The van der Waals surface area contributed by atoms with Crippen molar-refractivity contribution < 1.29 is 14.6 Å². The van der Waals surface area contributed by atoms with Gasteiger partial charge in [-0.1, -0.05) is 30.3 Å². The minimum absolute atomic E-state index is 0.146. The highest BCUT2D eigenvalue weighted by Crippen LogP contribution is 2.19. The van der Waals surface area contributed by atoms with Gasteiger partial charge in [0.25, 0.3) is 5.91 Å². The van der Waals surface area contributed by atoms with Crippen molar-refractivity contribution in [3.63, 3.8) is 0 Å². The number of ether oxygens (including phenoxy) is 1. The molecule has 2 N–H and O–H groups in total. The second-order valence-corrected chi connectivity index (χ2v) is 5.65. The number of aryl methyl sites for hydroxylation is 1. The third-order valence-corrected chi connectivity index (χ3v) is 4.14. The van der Waals surface area contributed by atoms with Crippen LogP contribution in [0.25, 0.3) is 10.9 Å². The van der Waals surface area contributed by atoms with Gasteiger partial charge in [-0.3, -0.25) is 4.79 Å². The lowest BCUT2D eigenvalue weighted by molar-refractivity contribution is 0.0908. The van der Waals surface area contributed by atoms with Crippen LogP contribution in [0.3, 0.4) is 0 Å². The summed E-state index contributed by atoms with van der Waals surface area (Å²) in [6.07, 6.45) is -0.769. The number of amides is 1. The van der Waals surface area contributed by atoms with Gasteiger partial charge in [0.15, 0.2) is 0 Å². The average molecular weight is 324 g/mol. The van der Waals surface area contributed by atoms with Crippen LogP contribution in [0.5, 0.6) is 5.75 Å². The summed E-state index contributed by atoms with van der Waals surface area (Å²) in [6.45, 7) is 0.146. The Balaban J connectivity index is 1.68. The second kappa shape index (κ2) is 6.76. The second-order valence-electron chi connectivity index (χ2n) is 5.65. The molecule has 0 aliphatic heterocycles. The topological polar surface area (TPSA) is 63.5 Å². The third kappa shape index (κ3) is 3.12. The van der Waals surface area contributed by atoms with Gasteiger partial charge < -0.3 is 19.7 Å². The van der Waals surface area contributed by atoms with Crippen molar-refractivity contribution in [3.05, 3.63) is 65.9 Å². The standard InChI is InChI=1S/C19H20N2O3/c1-21-16-6-4-3-5-14(16)11-17(21)19(23)20-12-18(22)13-7-9-15(24-2)10-8-13/h3-11,18,22H,12H2,1-2H3,(H,20,23)/t18-/m1/s1. The molecule has 0 radical (unpaired) electrons. The number of hydrogen-bond donors (Lipinski definition) is 2. The molecule has 0 spiro atoms. The van der Waals surface area contributed by atoms with Crippen molar-refractivity contribution in [1.82, 2.24) is 9.88 Å². The molecule has 3 rings (SSSR count). The Morgan fingerprint density at radius 2 is 1.92 bits per heavy atom.